The van der Waals surface area contributed by atoms with E-state index in [-0.39, 0.29) is 0 Å². The molecule has 0 radical (unpaired) electrons. The topological polar surface area (TPSA) is 456 Å². The largest absolute Gasteiger partial charge is 0.394 e. The quantitative estimate of drug-likeness (QED) is 0.0572. The zero-order valence-corrected chi connectivity index (χ0v) is 33.3. The van der Waals surface area contributed by atoms with Gasteiger partial charge in [0.2, 0.25) is 11.8 Å². The fourth-order valence-electron chi connectivity index (χ4n) is 7.44. The number of rotatable bonds is 19. The molecule has 0 aromatic rings. The van der Waals surface area contributed by atoms with Crippen molar-refractivity contribution in [3.63, 3.8) is 0 Å². The van der Waals surface area contributed by atoms with Gasteiger partial charge in [0.1, 0.15) is 122 Å². The number of ether oxygens (including phenoxy) is 8. The first-order valence-electron chi connectivity index (χ1n) is 19.5. The molecule has 24 atom stereocenters. The maximum absolute atomic E-state index is 12.4. The van der Waals surface area contributed by atoms with E-state index >= 15 is 0 Å². The van der Waals surface area contributed by atoms with Crippen molar-refractivity contribution in [3.8, 4) is 0 Å². The van der Waals surface area contributed by atoms with Crippen LogP contribution in [0.4, 0.5) is 0 Å². The van der Waals surface area contributed by atoms with Crippen molar-refractivity contribution in [2.24, 2.45) is 0 Å². The highest BCUT2D eigenvalue weighted by atomic mass is 16.8. The minimum absolute atomic E-state index is 0.846. The molecule has 362 valence electrons. The van der Waals surface area contributed by atoms with Gasteiger partial charge in [-0.15, -0.1) is 0 Å². The van der Waals surface area contributed by atoms with Crippen LogP contribution in [0, 0.1) is 0 Å². The molecule has 62 heavy (non-hydrogen) atoms. The summed E-state index contributed by atoms with van der Waals surface area (Å²) in [6, 6.07) is -3.55. The molecule has 4 saturated heterocycles. The van der Waals surface area contributed by atoms with E-state index in [0.717, 1.165) is 13.8 Å². The molecule has 4 rings (SSSR count). The van der Waals surface area contributed by atoms with E-state index in [4.69, 9.17) is 37.9 Å². The van der Waals surface area contributed by atoms with Crippen molar-refractivity contribution in [2.75, 3.05) is 39.6 Å². The molecule has 0 aliphatic carbocycles. The van der Waals surface area contributed by atoms with E-state index in [1.807, 2.05) is 0 Å². The Morgan fingerprint density at radius 3 is 1.05 bits per heavy atom. The highest BCUT2D eigenvalue weighted by molar-refractivity contribution is 5.73. The van der Waals surface area contributed by atoms with Gasteiger partial charge in [0.05, 0.1) is 39.6 Å². The van der Waals surface area contributed by atoms with Gasteiger partial charge in [0.25, 0.3) is 0 Å². The predicted octanol–water partition coefficient (Wildman–Crippen LogP) is -12.0. The summed E-state index contributed by atoms with van der Waals surface area (Å²) in [6.07, 6.45) is -41.5. The molecular formula is C34H60N2O26. The SMILES string of the molecule is CC(=O)N[C@H]1[C@H](O[C@H]([C@H](O[C@@H]2O[C@H](CO)[C@@H](O[C@@H]3O[C@H](CO)[C@H](O)[C@H](O)[C@H]3O)[C@H](O)[C@H]2NC(C)=O)[C@@H](O)CO)[C@H](O)CO)O[C@H](CO)[C@@H](O[C@@H]2O[C@H](CO)[C@H](O)[C@H](O)[C@H]2O)[C@@H]1O. The summed E-state index contributed by atoms with van der Waals surface area (Å²) in [6.45, 7) is -4.12. The Labute approximate surface area is 352 Å². The lowest BCUT2D eigenvalue weighted by atomic mass is 9.94. The van der Waals surface area contributed by atoms with Gasteiger partial charge in [-0.3, -0.25) is 9.59 Å². The maximum atomic E-state index is 12.4. The van der Waals surface area contributed by atoms with Crippen LogP contribution < -0.4 is 10.6 Å². The number of amides is 2. The van der Waals surface area contributed by atoms with Crippen molar-refractivity contribution in [2.45, 2.75) is 161 Å². The monoisotopic (exact) mass is 912 g/mol. The Hall–Kier alpha value is -2.02. The third kappa shape index (κ3) is 11.9. The first-order valence-corrected chi connectivity index (χ1v) is 19.5. The molecule has 0 aromatic carbocycles. The van der Waals surface area contributed by atoms with Gasteiger partial charge in [0.15, 0.2) is 25.2 Å². The molecule has 0 saturated carbocycles. The Balaban J connectivity index is 1.65. The van der Waals surface area contributed by atoms with Crippen LogP contribution in [0.25, 0.3) is 0 Å². The van der Waals surface area contributed by atoms with Crippen molar-refractivity contribution in [1.82, 2.24) is 10.6 Å². The molecule has 28 nitrogen and oxygen atoms in total. The highest BCUT2D eigenvalue weighted by Crippen LogP contribution is 2.34. The number of aliphatic hydroxyl groups excluding tert-OH is 16. The molecule has 0 unspecified atom stereocenters. The molecule has 4 heterocycles. The second-order valence-electron chi connectivity index (χ2n) is 15.2. The van der Waals surface area contributed by atoms with Crippen LogP contribution in [0.3, 0.4) is 0 Å². The molecule has 4 aliphatic heterocycles. The van der Waals surface area contributed by atoms with Crippen LogP contribution in [-0.2, 0) is 47.5 Å². The maximum Gasteiger partial charge on any atom is 0.217 e. The third-order valence-corrected chi connectivity index (χ3v) is 10.8. The van der Waals surface area contributed by atoms with Gasteiger partial charge in [-0.25, -0.2) is 0 Å². The number of hydrogen-bond donors (Lipinski definition) is 18. The lowest BCUT2D eigenvalue weighted by Crippen LogP contribution is -2.69. The van der Waals surface area contributed by atoms with Gasteiger partial charge in [0, 0.05) is 13.8 Å². The van der Waals surface area contributed by atoms with E-state index in [9.17, 15) is 91.3 Å². The van der Waals surface area contributed by atoms with E-state index in [1.54, 1.807) is 0 Å². The summed E-state index contributed by atoms with van der Waals surface area (Å²) in [4.78, 5) is 24.8. The van der Waals surface area contributed by atoms with Gasteiger partial charge >= 0.3 is 0 Å². The number of nitrogens with one attached hydrogen (secondary N) is 2. The predicted molar refractivity (Wildman–Crippen MR) is 192 cm³/mol. The number of aliphatic hydroxyl groups is 16. The van der Waals surface area contributed by atoms with Crippen LogP contribution in [0.15, 0.2) is 0 Å². The second-order valence-corrected chi connectivity index (χ2v) is 15.2. The summed E-state index contributed by atoms with van der Waals surface area (Å²) in [5.41, 5.74) is 0. The molecule has 0 bridgehead atoms. The average Bonchev–Trinajstić information content (AvgIpc) is 3.24. The Morgan fingerprint density at radius 2 is 0.774 bits per heavy atom. The van der Waals surface area contributed by atoms with Crippen LogP contribution in [0.1, 0.15) is 13.8 Å². The van der Waals surface area contributed by atoms with Crippen LogP contribution >= 0.6 is 0 Å². The molecule has 4 fully saturated rings. The van der Waals surface area contributed by atoms with E-state index in [2.05, 4.69) is 10.6 Å². The smallest absolute Gasteiger partial charge is 0.217 e. The van der Waals surface area contributed by atoms with E-state index in [1.165, 1.54) is 0 Å². The minimum Gasteiger partial charge on any atom is -0.394 e. The number of carbonyl (C=O) groups is 2. The van der Waals surface area contributed by atoms with Gasteiger partial charge in [-0.1, -0.05) is 0 Å². The van der Waals surface area contributed by atoms with Crippen molar-refractivity contribution in [3.05, 3.63) is 0 Å². The first kappa shape index (κ1) is 52.6. The minimum atomic E-state index is -2.13. The summed E-state index contributed by atoms with van der Waals surface area (Å²) in [5.74, 6) is -1.69. The molecule has 4 aliphatic rings. The van der Waals surface area contributed by atoms with Crippen LogP contribution in [0.2, 0.25) is 0 Å². The fraction of sp³-hybridized carbons (Fsp3) is 0.941. The summed E-state index contributed by atoms with van der Waals surface area (Å²) < 4.78 is 45.5. The summed E-state index contributed by atoms with van der Waals surface area (Å²) in [7, 11) is 0. The normalized spacial score (nSPS) is 43.6. The summed E-state index contributed by atoms with van der Waals surface area (Å²) >= 11 is 0. The first-order chi connectivity index (χ1) is 29.3. The van der Waals surface area contributed by atoms with E-state index < -0.39 is 199 Å². The molecule has 0 aromatic heterocycles. The fourth-order valence-corrected chi connectivity index (χ4v) is 7.44. The average molecular weight is 913 g/mol. The van der Waals surface area contributed by atoms with Crippen molar-refractivity contribution >= 4 is 11.8 Å². The Bertz CT molecular complexity index is 1290. The van der Waals surface area contributed by atoms with Gasteiger partial charge in [-0.05, 0) is 0 Å². The zero-order valence-electron chi connectivity index (χ0n) is 33.3. The molecule has 0 spiro atoms. The third-order valence-electron chi connectivity index (χ3n) is 10.8. The molecule has 2 amide bonds. The molecule has 28 heteroatoms. The molecular weight excluding hydrogens is 852 g/mol. The zero-order chi connectivity index (χ0) is 46.3. The van der Waals surface area contributed by atoms with Crippen molar-refractivity contribution < 1.29 is 129 Å². The Morgan fingerprint density at radius 1 is 0.468 bits per heavy atom. The van der Waals surface area contributed by atoms with Gasteiger partial charge in [-0.2, -0.15) is 0 Å². The highest BCUT2D eigenvalue weighted by Gasteiger charge is 2.55. The second kappa shape index (κ2) is 23.4. The number of carbonyl (C=O) groups excluding carboxylic acids is 2. The summed E-state index contributed by atoms with van der Waals surface area (Å²) in [5, 5.41) is 172. The van der Waals surface area contributed by atoms with Crippen LogP contribution in [-0.4, -0.2) is 280 Å². The lowest BCUT2D eigenvalue weighted by molar-refractivity contribution is -0.366. The number of hydrogen-bond acceptors (Lipinski definition) is 26. The Kier molecular flexibility index (Phi) is 19.9. The molecule has 18 N–H and O–H groups in total. The lowest BCUT2D eigenvalue weighted by Gasteiger charge is -2.49. The van der Waals surface area contributed by atoms with E-state index in [0.29, 0.717) is 0 Å². The standard InChI is InChI=1S/C34H60N2O26/c1-9(43)35-17-21(49)29(61-33-25(53)23(51)19(47)13(5-39)55-33)15(7-41)57-31(17)59-27(11(45)3-37)28(12(46)4-38)60-32-18(36-10(2)44)22(50)30(16(8-42)58-32)62-34-26(54)24(52)20(48)14(6-40)56-34/h11-34,37-42,45-54H,3-8H2,1-2H3,(H,35,43)(H,36,44)/t11-,12+,13-,14-,15-,16-,17-,18-,19+,20+,21-,22-,23+,24+,25-,26-,27+,28-,29-,30-,31+,32+,33+,34+/m1/s1. The van der Waals surface area contributed by atoms with Crippen molar-refractivity contribution in [1.29, 1.82) is 0 Å². The van der Waals surface area contributed by atoms with Gasteiger partial charge < -0.3 is 130 Å². The van der Waals surface area contributed by atoms with Crippen LogP contribution in [0.5, 0.6) is 0 Å².